The Kier molecular flexibility index (Phi) is 6.68. The van der Waals surface area contributed by atoms with Crippen LogP contribution in [0.3, 0.4) is 0 Å². The maximum absolute atomic E-state index is 11.7. The number of nitrogens with one attached hydrogen (secondary N) is 2. The Hall–Kier alpha value is -2.08. The van der Waals surface area contributed by atoms with E-state index >= 15 is 0 Å². The lowest BCUT2D eigenvalue weighted by Crippen LogP contribution is -2.44. The summed E-state index contributed by atoms with van der Waals surface area (Å²) < 4.78 is 0. The maximum atomic E-state index is 11.7. The smallest absolute Gasteiger partial charge is 0.314 e. The molecule has 21 heavy (non-hydrogen) atoms. The molecule has 1 rings (SSSR count). The van der Waals surface area contributed by atoms with Crippen LogP contribution in [-0.2, 0) is 4.79 Å². The first kappa shape index (κ1) is 17.0. The highest BCUT2D eigenvalue weighted by molar-refractivity contribution is 5.79. The van der Waals surface area contributed by atoms with Gasteiger partial charge >= 0.3 is 12.0 Å². The second kappa shape index (κ2) is 8.26. The van der Waals surface area contributed by atoms with Crippen LogP contribution in [0, 0.1) is 0 Å². The van der Waals surface area contributed by atoms with Crippen molar-refractivity contribution in [2.45, 2.75) is 18.9 Å². The number of carbonyl (C=O) groups is 2. The molecule has 2 atom stereocenters. The fourth-order valence-electron chi connectivity index (χ4n) is 1.71. The van der Waals surface area contributed by atoms with E-state index in [1.54, 1.807) is 24.3 Å². The zero-order chi connectivity index (χ0) is 15.8. The molecule has 0 aliphatic rings. The third kappa shape index (κ3) is 5.83. The molecule has 0 aromatic heterocycles. The van der Waals surface area contributed by atoms with E-state index in [4.69, 9.17) is 0 Å². The molecule has 0 bridgehead atoms. The molecule has 2 unspecified atom stereocenters. The van der Waals surface area contributed by atoms with Crippen LogP contribution in [0.1, 0.15) is 18.4 Å². The second-order valence-electron chi connectivity index (χ2n) is 5.21. The van der Waals surface area contributed by atoms with Gasteiger partial charge in [0.25, 0.3) is 0 Å². The molecule has 0 saturated heterocycles. The van der Waals surface area contributed by atoms with Crippen molar-refractivity contribution < 1.29 is 14.7 Å². The molecule has 0 aliphatic heterocycles. The van der Waals surface area contributed by atoms with E-state index in [1.807, 2.05) is 32.0 Å². The summed E-state index contributed by atoms with van der Waals surface area (Å²) in [5.41, 5.74) is 0.673. The normalized spacial score (nSPS) is 13.5. The minimum absolute atomic E-state index is 0.0571. The first-order chi connectivity index (χ1) is 9.91. The fourth-order valence-corrected chi connectivity index (χ4v) is 1.71. The Morgan fingerprint density at radius 1 is 1.14 bits per heavy atom. The standard InChI is InChI=1S/C15H23N3O3/c1-11(18(2)3)9-16-15(21)17-10-13(14(19)20)12-7-5-4-6-8-12/h4-8,11,13H,9-10H2,1-3H3,(H,19,20)(H2,16,17,21). The number of rotatable bonds is 7. The molecule has 1 aromatic rings. The number of hydrogen-bond donors (Lipinski definition) is 3. The summed E-state index contributed by atoms with van der Waals surface area (Å²) in [7, 11) is 3.86. The third-order valence-corrected chi connectivity index (χ3v) is 3.41. The number of carboxylic acids is 1. The minimum atomic E-state index is -0.955. The van der Waals surface area contributed by atoms with Crippen molar-refractivity contribution in [3.63, 3.8) is 0 Å². The van der Waals surface area contributed by atoms with E-state index in [2.05, 4.69) is 10.6 Å². The Bertz CT molecular complexity index is 462. The Labute approximate surface area is 125 Å². The lowest BCUT2D eigenvalue weighted by molar-refractivity contribution is -0.138. The summed E-state index contributed by atoms with van der Waals surface area (Å²) in [5, 5.41) is 14.6. The lowest BCUT2D eigenvalue weighted by Gasteiger charge is -2.20. The molecule has 0 aliphatic carbocycles. The van der Waals surface area contributed by atoms with Crippen molar-refractivity contribution in [1.29, 1.82) is 0 Å². The highest BCUT2D eigenvalue weighted by atomic mass is 16.4. The molecular weight excluding hydrogens is 270 g/mol. The average Bonchev–Trinajstić information content (AvgIpc) is 2.45. The molecule has 116 valence electrons. The summed E-state index contributed by atoms with van der Waals surface area (Å²) in [6.45, 7) is 2.55. The monoisotopic (exact) mass is 293 g/mol. The van der Waals surface area contributed by atoms with Crippen molar-refractivity contribution in [2.75, 3.05) is 27.2 Å². The SMILES string of the molecule is CC(CNC(=O)NCC(C(=O)O)c1ccccc1)N(C)C. The molecule has 0 heterocycles. The Morgan fingerprint density at radius 3 is 2.24 bits per heavy atom. The number of carbonyl (C=O) groups excluding carboxylic acids is 1. The molecule has 0 spiro atoms. The van der Waals surface area contributed by atoms with Gasteiger partial charge in [-0.1, -0.05) is 30.3 Å². The fraction of sp³-hybridized carbons (Fsp3) is 0.467. The third-order valence-electron chi connectivity index (χ3n) is 3.41. The van der Waals surface area contributed by atoms with Gasteiger partial charge in [-0.2, -0.15) is 0 Å². The van der Waals surface area contributed by atoms with Gasteiger partial charge in [-0.15, -0.1) is 0 Å². The van der Waals surface area contributed by atoms with E-state index in [-0.39, 0.29) is 18.6 Å². The van der Waals surface area contributed by atoms with Crippen LogP contribution in [0.2, 0.25) is 0 Å². The molecule has 6 nitrogen and oxygen atoms in total. The van der Waals surface area contributed by atoms with Crippen molar-refractivity contribution in [3.8, 4) is 0 Å². The van der Waals surface area contributed by atoms with E-state index in [0.717, 1.165) is 0 Å². The van der Waals surface area contributed by atoms with Gasteiger partial charge in [0.05, 0.1) is 5.92 Å². The summed E-state index contributed by atoms with van der Waals surface area (Å²) in [6, 6.07) is 8.73. The largest absolute Gasteiger partial charge is 0.481 e. The number of urea groups is 1. The summed E-state index contributed by atoms with van der Waals surface area (Å²) in [6.07, 6.45) is 0. The average molecular weight is 293 g/mol. The molecular formula is C15H23N3O3. The van der Waals surface area contributed by atoms with Crippen molar-refractivity contribution in [1.82, 2.24) is 15.5 Å². The molecule has 2 amide bonds. The van der Waals surface area contributed by atoms with E-state index in [9.17, 15) is 14.7 Å². The Balaban J connectivity index is 2.47. The number of aliphatic carboxylic acids is 1. The highest BCUT2D eigenvalue weighted by Crippen LogP contribution is 2.14. The van der Waals surface area contributed by atoms with Gasteiger partial charge in [-0.25, -0.2) is 4.79 Å². The van der Waals surface area contributed by atoms with Gasteiger partial charge in [-0.3, -0.25) is 4.79 Å². The summed E-state index contributed by atoms with van der Waals surface area (Å²) in [5.74, 6) is -1.70. The summed E-state index contributed by atoms with van der Waals surface area (Å²) >= 11 is 0. The minimum Gasteiger partial charge on any atom is -0.481 e. The summed E-state index contributed by atoms with van der Waals surface area (Å²) in [4.78, 5) is 25.0. The van der Waals surface area contributed by atoms with Gasteiger partial charge < -0.3 is 20.6 Å². The quantitative estimate of drug-likeness (QED) is 0.703. The zero-order valence-electron chi connectivity index (χ0n) is 12.7. The van der Waals surface area contributed by atoms with Crippen LogP contribution in [0.25, 0.3) is 0 Å². The van der Waals surface area contributed by atoms with Gasteiger partial charge in [0.1, 0.15) is 0 Å². The number of carboxylic acid groups (broad SMARTS) is 1. The second-order valence-corrected chi connectivity index (χ2v) is 5.21. The first-order valence-corrected chi connectivity index (χ1v) is 6.87. The first-order valence-electron chi connectivity index (χ1n) is 6.87. The molecule has 3 N–H and O–H groups in total. The predicted octanol–water partition coefficient (Wildman–Crippen LogP) is 1.10. The van der Waals surface area contributed by atoms with Crippen LogP contribution < -0.4 is 10.6 Å². The predicted molar refractivity (Wildman–Crippen MR) is 81.4 cm³/mol. The number of amides is 2. The number of likely N-dealkylation sites (N-methyl/N-ethyl adjacent to an activating group) is 1. The highest BCUT2D eigenvalue weighted by Gasteiger charge is 2.20. The van der Waals surface area contributed by atoms with Crippen LogP contribution in [0.4, 0.5) is 4.79 Å². The topological polar surface area (TPSA) is 81.7 Å². The number of nitrogens with zero attached hydrogens (tertiary/aromatic N) is 1. The van der Waals surface area contributed by atoms with E-state index in [1.165, 1.54) is 0 Å². The van der Waals surface area contributed by atoms with E-state index < -0.39 is 11.9 Å². The van der Waals surface area contributed by atoms with Crippen LogP contribution in [-0.4, -0.2) is 55.2 Å². The molecule has 0 fully saturated rings. The van der Waals surface area contributed by atoms with Crippen LogP contribution in [0.15, 0.2) is 30.3 Å². The zero-order valence-corrected chi connectivity index (χ0v) is 12.7. The van der Waals surface area contributed by atoms with Crippen molar-refractivity contribution in [3.05, 3.63) is 35.9 Å². The maximum Gasteiger partial charge on any atom is 0.314 e. The number of hydrogen-bond acceptors (Lipinski definition) is 3. The molecule has 6 heteroatoms. The van der Waals surface area contributed by atoms with Gasteiger partial charge in [0, 0.05) is 19.1 Å². The van der Waals surface area contributed by atoms with Gasteiger partial charge in [0.15, 0.2) is 0 Å². The molecule has 1 aromatic carbocycles. The Morgan fingerprint density at radius 2 is 1.71 bits per heavy atom. The number of benzene rings is 1. The van der Waals surface area contributed by atoms with Gasteiger partial charge in [-0.05, 0) is 26.6 Å². The van der Waals surface area contributed by atoms with Crippen LogP contribution >= 0.6 is 0 Å². The van der Waals surface area contributed by atoms with Crippen LogP contribution in [0.5, 0.6) is 0 Å². The lowest BCUT2D eigenvalue weighted by atomic mass is 9.99. The molecule has 0 saturated carbocycles. The molecule has 0 radical (unpaired) electrons. The van der Waals surface area contributed by atoms with Gasteiger partial charge in [0.2, 0.25) is 0 Å². The van der Waals surface area contributed by atoms with Crippen molar-refractivity contribution in [2.24, 2.45) is 0 Å². The van der Waals surface area contributed by atoms with E-state index in [0.29, 0.717) is 12.1 Å². The van der Waals surface area contributed by atoms with Crippen molar-refractivity contribution >= 4 is 12.0 Å².